The van der Waals surface area contributed by atoms with Crippen LogP contribution in [0.5, 0.6) is 0 Å². The molecule has 3 nitrogen and oxygen atoms in total. The number of aromatic nitrogens is 1. The van der Waals surface area contributed by atoms with Crippen LogP contribution in [-0.4, -0.2) is 16.1 Å². The van der Waals surface area contributed by atoms with E-state index in [1.165, 1.54) is 6.07 Å². The minimum atomic E-state index is -0.947. The summed E-state index contributed by atoms with van der Waals surface area (Å²) < 4.78 is 1.10. The molecule has 5 heteroatoms. The van der Waals surface area contributed by atoms with E-state index in [0.717, 1.165) is 15.2 Å². The maximum absolute atomic E-state index is 11.2. The standard InChI is InChI=1S/C15H10ClNO2S/c16-10-5-6-11(15(18)19)9(7-10)8-14-17-12-3-1-2-4-13(12)20-14/h1-7H,8H2,(H,18,19). The van der Waals surface area contributed by atoms with Gasteiger partial charge in [-0.15, -0.1) is 11.3 Å². The average molecular weight is 304 g/mol. The minimum absolute atomic E-state index is 0.272. The molecule has 1 aromatic heterocycles. The lowest BCUT2D eigenvalue weighted by molar-refractivity contribution is 0.0696. The van der Waals surface area contributed by atoms with Gasteiger partial charge in [-0.1, -0.05) is 23.7 Å². The summed E-state index contributed by atoms with van der Waals surface area (Å²) in [5, 5.41) is 10.6. The number of rotatable bonds is 3. The van der Waals surface area contributed by atoms with E-state index in [1.54, 1.807) is 23.5 Å². The summed E-state index contributed by atoms with van der Waals surface area (Å²) >= 11 is 7.53. The predicted molar refractivity (Wildman–Crippen MR) is 80.8 cm³/mol. The van der Waals surface area contributed by atoms with Gasteiger partial charge in [0.15, 0.2) is 0 Å². The number of carbonyl (C=O) groups is 1. The molecule has 2 aromatic carbocycles. The topological polar surface area (TPSA) is 50.2 Å². The van der Waals surface area contributed by atoms with E-state index in [0.29, 0.717) is 17.0 Å². The molecule has 0 radical (unpaired) electrons. The Balaban J connectivity index is 2.01. The molecule has 0 unspecified atom stereocenters. The van der Waals surface area contributed by atoms with Crippen LogP contribution in [0.15, 0.2) is 42.5 Å². The molecule has 3 rings (SSSR count). The Hall–Kier alpha value is -1.91. The number of aromatic carboxylic acids is 1. The minimum Gasteiger partial charge on any atom is -0.478 e. The van der Waals surface area contributed by atoms with Crippen molar-refractivity contribution in [2.45, 2.75) is 6.42 Å². The highest BCUT2D eigenvalue weighted by atomic mass is 35.5. The fourth-order valence-electron chi connectivity index (χ4n) is 2.08. The van der Waals surface area contributed by atoms with Gasteiger partial charge in [-0.3, -0.25) is 0 Å². The van der Waals surface area contributed by atoms with Gasteiger partial charge in [0.05, 0.1) is 20.8 Å². The zero-order valence-corrected chi connectivity index (χ0v) is 11.9. The quantitative estimate of drug-likeness (QED) is 0.787. The highest BCUT2D eigenvalue weighted by molar-refractivity contribution is 7.18. The summed E-state index contributed by atoms with van der Waals surface area (Å²) in [6.45, 7) is 0. The lowest BCUT2D eigenvalue weighted by Crippen LogP contribution is -2.02. The zero-order valence-electron chi connectivity index (χ0n) is 10.3. The van der Waals surface area contributed by atoms with Crippen LogP contribution in [-0.2, 0) is 6.42 Å². The Labute approximate surface area is 124 Å². The van der Waals surface area contributed by atoms with Gasteiger partial charge in [-0.25, -0.2) is 9.78 Å². The highest BCUT2D eigenvalue weighted by Crippen LogP contribution is 2.26. The average Bonchev–Trinajstić information content (AvgIpc) is 2.80. The summed E-state index contributed by atoms with van der Waals surface area (Å²) in [6.07, 6.45) is 0.474. The summed E-state index contributed by atoms with van der Waals surface area (Å²) in [5.41, 5.74) is 1.89. The summed E-state index contributed by atoms with van der Waals surface area (Å²) in [4.78, 5) is 15.8. The van der Waals surface area contributed by atoms with Crippen molar-refractivity contribution in [3.8, 4) is 0 Å². The van der Waals surface area contributed by atoms with E-state index in [4.69, 9.17) is 11.6 Å². The number of thiazole rings is 1. The molecule has 0 spiro atoms. The Morgan fingerprint density at radius 3 is 2.80 bits per heavy atom. The Morgan fingerprint density at radius 2 is 2.05 bits per heavy atom. The van der Waals surface area contributed by atoms with E-state index in [1.807, 2.05) is 24.3 Å². The van der Waals surface area contributed by atoms with Crippen LogP contribution >= 0.6 is 22.9 Å². The lowest BCUT2D eigenvalue weighted by Gasteiger charge is -2.04. The monoisotopic (exact) mass is 303 g/mol. The molecule has 1 N–H and O–H groups in total. The normalized spacial score (nSPS) is 10.8. The molecule has 100 valence electrons. The summed E-state index contributed by atoms with van der Waals surface area (Å²) in [6, 6.07) is 12.7. The van der Waals surface area contributed by atoms with Crippen molar-refractivity contribution in [1.29, 1.82) is 0 Å². The molecule has 3 aromatic rings. The van der Waals surface area contributed by atoms with Crippen LogP contribution in [0.25, 0.3) is 10.2 Å². The maximum Gasteiger partial charge on any atom is 0.335 e. The van der Waals surface area contributed by atoms with Gasteiger partial charge in [0.2, 0.25) is 0 Å². The zero-order chi connectivity index (χ0) is 14.1. The van der Waals surface area contributed by atoms with Crippen molar-refractivity contribution in [3.63, 3.8) is 0 Å². The van der Waals surface area contributed by atoms with Crippen LogP contribution < -0.4 is 0 Å². The largest absolute Gasteiger partial charge is 0.478 e. The predicted octanol–water partition coefficient (Wildman–Crippen LogP) is 4.24. The maximum atomic E-state index is 11.2. The molecule has 1 heterocycles. The number of benzene rings is 2. The molecular weight excluding hydrogens is 294 g/mol. The first-order valence-electron chi connectivity index (χ1n) is 5.99. The molecule has 0 amide bonds. The van der Waals surface area contributed by atoms with Crippen molar-refractivity contribution in [3.05, 3.63) is 63.6 Å². The second-order valence-electron chi connectivity index (χ2n) is 4.36. The van der Waals surface area contributed by atoms with Gasteiger partial charge in [0.25, 0.3) is 0 Å². The number of hydrogen-bond acceptors (Lipinski definition) is 3. The first-order chi connectivity index (χ1) is 9.63. The van der Waals surface area contributed by atoms with Crippen molar-refractivity contribution in [2.75, 3.05) is 0 Å². The fourth-order valence-corrected chi connectivity index (χ4v) is 3.26. The highest BCUT2D eigenvalue weighted by Gasteiger charge is 2.13. The molecule has 20 heavy (non-hydrogen) atoms. The van der Waals surface area contributed by atoms with Crippen molar-refractivity contribution in [1.82, 2.24) is 4.98 Å². The van der Waals surface area contributed by atoms with Crippen molar-refractivity contribution in [2.24, 2.45) is 0 Å². The second-order valence-corrected chi connectivity index (χ2v) is 5.91. The number of para-hydroxylation sites is 1. The smallest absolute Gasteiger partial charge is 0.335 e. The molecule has 0 aliphatic rings. The SMILES string of the molecule is O=C(O)c1ccc(Cl)cc1Cc1nc2ccccc2s1. The fraction of sp³-hybridized carbons (Fsp3) is 0.0667. The van der Waals surface area contributed by atoms with E-state index in [9.17, 15) is 9.90 Å². The molecular formula is C15H10ClNO2S. The van der Waals surface area contributed by atoms with E-state index >= 15 is 0 Å². The molecule has 0 saturated carbocycles. The number of fused-ring (bicyclic) bond motifs is 1. The second kappa shape index (κ2) is 5.23. The first kappa shape index (κ1) is 13.1. The molecule has 0 aliphatic carbocycles. The van der Waals surface area contributed by atoms with E-state index < -0.39 is 5.97 Å². The number of carboxylic acids is 1. The molecule has 0 atom stereocenters. The van der Waals surface area contributed by atoms with Gasteiger partial charge in [0.1, 0.15) is 0 Å². The Morgan fingerprint density at radius 1 is 1.25 bits per heavy atom. The molecule has 0 aliphatic heterocycles. The van der Waals surface area contributed by atoms with Gasteiger partial charge in [-0.2, -0.15) is 0 Å². The Bertz CT molecular complexity index is 764. The van der Waals surface area contributed by atoms with Crippen LogP contribution in [0, 0.1) is 0 Å². The third-order valence-electron chi connectivity index (χ3n) is 2.98. The van der Waals surface area contributed by atoms with E-state index in [-0.39, 0.29) is 5.56 Å². The number of carboxylic acid groups (broad SMARTS) is 1. The van der Waals surface area contributed by atoms with E-state index in [2.05, 4.69) is 4.98 Å². The molecule has 0 saturated heterocycles. The van der Waals surface area contributed by atoms with Gasteiger partial charge < -0.3 is 5.11 Å². The van der Waals surface area contributed by atoms with Crippen molar-refractivity contribution >= 4 is 39.1 Å². The third-order valence-corrected chi connectivity index (χ3v) is 4.25. The number of hydrogen-bond donors (Lipinski definition) is 1. The third kappa shape index (κ3) is 2.53. The van der Waals surface area contributed by atoms with Gasteiger partial charge in [0, 0.05) is 11.4 Å². The van der Waals surface area contributed by atoms with Crippen LogP contribution in [0.4, 0.5) is 0 Å². The van der Waals surface area contributed by atoms with Crippen LogP contribution in [0.3, 0.4) is 0 Å². The van der Waals surface area contributed by atoms with Gasteiger partial charge in [-0.05, 0) is 35.9 Å². The summed E-state index contributed by atoms with van der Waals surface area (Å²) in [5.74, 6) is -0.947. The van der Waals surface area contributed by atoms with Crippen LogP contribution in [0.2, 0.25) is 5.02 Å². The molecule has 0 fully saturated rings. The van der Waals surface area contributed by atoms with Crippen molar-refractivity contribution < 1.29 is 9.90 Å². The number of halogens is 1. The van der Waals surface area contributed by atoms with Gasteiger partial charge >= 0.3 is 5.97 Å². The first-order valence-corrected chi connectivity index (χ1v) is 7.19. The Kier molecular flexibility index (Phi) is 3.42. The summed E-state index contributed by atoms with van der Waals surface area (Å²) in [7, 11) is 0. The van der Waals surface area contributed by atoms with Crippen LogP contribution in [0.1, 0.15) is 20.9 Å². The lowest BCUT2D eigenvalue weighted by atomic mass is 10.1. The number of nitrogens with zero attached hydrogens (tertiary/aromatic N) is 1. The molecule has 0 bridgehead atoms.